The van der Waals surface area contributed by atoms with E-state index >= 15 is 0 Å². The Hall–Kier alpha value is -2.06. The van der Waals surface area contributed by atoms with E-state index in [9.17, 15) is 4.79 Å². The normalized spacial score (nSPS) is 11.5. The molecule has 0 spiro atoms. The molecular formula is C14H18N2O3. The van der Waals surface area contributed by atoms with Gasteiger partial charge in [-0.3, -0.25) is 4.79 Å². The fourth-order valence-corrected chi connectivity index (χ4v) is 1.60. The maximum atomic E-state index is 11.5. The summed E-state index contributed by atoms with van der Waals surface area (Å²) in [6, 6.07) is 6.84. The van der Waals surface area contributed by atoms with Crippen LogP contribution in [0.1, 0.15) is 25.0 Å². The third kappa shape index (κ3) is 4.27. The number of rotatable bonds is 6. The Kier molecular flexibility index (Phi) is 5.83. The number of ether oxygens (including phenoxy) is 2. The summed E-state index contributed by atoms with van der Waals surface area (Å²) in [5.74, 6) is 0.389. The van der Waals surface area contributed by atoms with E-state index in [2.05, 4.69) is 11.4 Å². The minimum Gasteiger partial charge on any atom is -0.496 e. The van der Waals surface area contributed by atoms with E-state index in [0.717, 1.165) is 5.56 Å². The zero-order valence-electron chi connectivity index (χ0n) is 11.4. The highest BCUT2D eigenvalue weighted by Gasteiger charge is 2.14. The van der Waals surface area contributed by atoms with Crippen molar-refractivity contribution in [3.63, 3.8) is 0 Å². The number of nitrogens with zero attached hydrogens (tertiary/aromatic N) is 1. The van der Waals surface area contributed by atoms with Crippen LogP contribution in [0, 0.1) is 11.3 Å². The Morgan fingerprint density at radius 3 is 2.84 bits per heavy atom. The highest BCUT2D eigenvalue weighted by Crippen LogP contribution is 2.19. The molecule has 0 aliphatic heterocycles. The van der Waals surface area contributed by atoms with Crippen LogP contribution in [0.3, 0.4) is 0 Å². The second kappa shape index (κ2) is 7.39. The molecule has 0 saturated heterocycles. The van der Waals surface area contributed by atoms with Crippen molar-refractivity contribution in [2.24, 2.45) is 0 Å². The number of hydrogen-bond donors (Lipinski definition) is 1. The van der Waals surface area contributed by atoms with Crippen LogP contribution < -0.4 is 10.1 Å². The topological polar surface area (TPSA) is 71.3 Å². The van der Waals surface area contributed by atoms with E-state index in [1.807, 2.05) is 0 Å². The molecule has 1 atom stereocenters. The zero-order chi connectivity index (χ0) is 14.3. The van der Waals surface area contributed by atoms with Crippen molar-refractivity contribution in [3.05, 3.63) is 29.3 Å². The number of carbonyl (C=O) groups excluding carboxylic acids is 1. The maximum absolute atomic E-state index is 11.5. The minimum absolute atomic E-state index is 0.294. The number of nitriles is 1. The van der Waals surface area contributed by atoms with Gasteiger partial charge in [0.05, 0.1) is 25.3 Å². The Balaban J connectivity index is 2.71. The molecule has 1 aromatic carbocycles. The molecule has 0 saturated carbocycles. The van der Waals surface area contributed by atoms with E-state index in [0.29, 0.717) is 24.5 Å². The highest BCUT2D eigenvalue weighted by molar-refractivity contribution is 5.75. The molecule has 0 amide bonds. The van der Waals surface area contributed by atoms with Gasteiger partial charge >= 0.3 is 5.97 Å². The monoisotopic (exact) mass is 262 g/mol. The smallest absolute Gasteiger partial charge is 0.322 e. The summed E-state index contributed by atoms with van der Waals surface area (Å²) in [6.45, 7) is 4.29. The number of esters is 1. The molecule has 102 valence electrons. The predicted octanol–water partition coefficient (Wildman–Crippen LogP) is 1.61. The molecule has 0 radical (unpaired) electrons. The second-order valence-electron chi connectivity index (χ2n) is 3.99. The van der Waals surface area contributed by atoms with Crippen molar-refractivity contribution in [1.29, 1.82) is 5.26 Å². The van der Waals surface area contributed by atoms with Crippen molar-refractivity contribution in [1.82, 2.24) is 5.32 Å². The summed E-state index contributed by atoms with van der Waals surface area (Å²) in [5.41, 5.74) is 1.39. The van der Waals surface area contributed by atoms with E-state index in [1.165, 1.54) is 0 Å². The van der Waals surface area contributed by atoms with Crippen molar-refractivity contribution >= 4 is 5.97 Å². The van der Waals surface area contributed by atoms with Gasteiger partial charge in [-0.05, 0) is 32.0 Å². The van der Waals surface area contributed by atoms with Gasteiger partial charge in [0.15, 0.2) is 0 Å². The van der Waals surface area contributed by atoms with Crippen molar-refractivity contribution in [2.45, 2.75) is 26.4 Å². The van der Waals surface area contributed by atoms with Crippen LogP contribution in [-0.4, -0.2) is 25.7 Å². The fourth-order valence-electron chi connectivity index (χ4n) is 1.60. The van der Waals surface area contributed by atoms with Crippen LogP contribution in [0.2, 0.25) is 0 Å². The largest absolute Gasteiger partial charge is 0.496 e. The molecule has 0 heterocycles. The lowest BCUT2D eigenvalue weighted by atomic mass is 10.1. The van der Waals surface area contributed by atoms with Crippen LogP contribution >= 0.6 is 0 Å². The summed E-state index contributed by atoms with van der Waals surface area (Å²) in [4.78, 5) is 11.5. The highest BCUT2D eigenvalue weighted by atomic mass is 16.5. The molecule has 1 aromatic rings. The lowest BCUT2D eigenvalue weighted by Gasteiger charge is -2.14. The van der Waals surface area contributed by atoms with E-state index in [-0.39, 0.29) is 5.97 Å². The molecular weight excluding hydrogens is 244 g/mol. The summed E-state index contributed by atoms with van der Waals surface area (Å²) >= 11 is 0. The molecule has 0 aliphatic carbocycles. The molecule has 0 aliphatic rings. The van der Waals surface area contributed by atoms with Gasteiger partial charge in [-0.25, -0.2) is 0 Å². The second-order valence-corrected chi connectivity index (χ2v) is 3.99. The van der Waals surface area contributed by atoms with E-state index in [1.54, 1.807) is 39.2 Å². The summed E-state index contributed by atoms with van der Waals surface area (Å²) < 4.78 is 10.1. The van der Waals surface area contributed by atoms with Gasteiger partial charge < -0.3 is 14.8 Å². The number of benzene rings is 1. The first-order chi connectivity index (χ1) is 9.12. The molecule has 5 heteroatoms. The maximum Gasteiger partial charge on any atom is 0.322 e. The Morgan fingerprint density at radius 1 is 1.53 bits per heavy atom. The lowest BCUT2D eigenvalue weighted by Crippen LogP contribution is -2.35. The standard InChI is InChI=1S/C14H18N2O3/c1-4-19-14(17)10(2)16-9-12-7-11(8-15)5-6-13(12)18-3/h5-7,10,16H,4,9H2,1-3H3. The first kappa shape index (κ1) is 15.0. The number of methoxy groups -OCH3 is 1. The molecule has 5 nitrogen and oxygen atoms in total. The number of nitrogens with one attached hydrogen (secondary N) is 1. The summed E-state index contributed by atoms with van der Waals surface area (Å²) in [5, 5.41) is 11.9. The van der Waals surface area contributed by atoms with Gasteiger partial charge in [-0.15, -0.1) is 0 Å². The van der Waals surface area contributed by atoms with Crippen molar-refractivity contribution in [3.8, 4) is 11.8 Å². The predicted molar refractivity (Wildman–Crippen MR) is 70.6 cm³/mol. The minimum atomic E-state index is -0.407. The van der Waals surface area contributed by atoms with Crippen LogP contribution in [0.15, 0.2) is 18.2 Å². The third-order valence-corrected chi connectivity index (χ3v) is 2.65. The van der Waals surface area contributed by atoms with Crippen LogP contribution in [0.5, 0.6) is 5.75 Å². The van der Waals surface area contributed by atoms with Crippen LogP contribution in [-0.2, 0) is 16.1 Å². The Labute approximate surface area is 113 Å². The summed E-state index contributed by atoms with van der Waals surface area (Å²) in [7, 11) is 1.57. The molecule has 1 rings (SSSR count). The molecule has 0 aromatic heterocycles. The van der Waals surface area contributed by atoms with Gasteiger partial charge in [0, 0.05) is 12.1 Å². The molecule has 19 heavy (non-hydrogen) atoms. The van der Waals surface area contributed by atoms with Gasteiger partial charge in [0.1, 0.15) is 11.8 Å². The third-order valence-electron chi connectivity index (χ3n) is 2.65. The van der Waals surface area contributed by atoms with E-state index < -0.39 is 6.04 Å². The van der Waals surface area contributed by atoms with Gasteiger partial charge in [0.2, 0.25) is 0 Å². The quantitative estimate of drug-likeness (QED) is 0.788. The fraction of sp³-hybridized carbons (Fsp3) is 0.429. The zero-order valence-corrected chi connectivity index (χ0v) is 11.4. The molecule has 0 bridgehead atoms. The Bertz CT molecular complexity index is 480. The molecule has 0 fully saturated rings. The lowest BCUT2D eigenvalue weighted by molar-refractivity contribution is -0.145. The first-order valence-corrected chi connectivity index (χ1v) is 6.09. The SMILES string of the molecule is CCOC(=O)C(C)NCc1cc(C#N)ccc1OC. The molecule has 1 N–H and O–H groups in total. The van der Waals surface area contributed by atoms with Crippen molar-refractivity contribution in [2.75, 3.05) is 13.7 Å². The molecule has 1 unspecified atom stereocenters. The average Bonchev–Trinajstić information content (AvgIpc) is 2.44. The van der Waals surface area contributed by atoms with Gasteiger partial charge in [-0.2, -0.15) is 5.26 Å². The van der Waals surface area contributed by atoms with E-state index in [4.69, 9.17) is 14.7 Å². The van der Waals surface area contributed by atoms with Crippen LogP contribution in [0.4, 0.5) is 0 Å². The first-order valence-electron chi connectivity index (χ1n) is 6.09. The van der Waals surface area contributed by atoms with Gasteiger partial charge in [0.25, 0.3) is 0 Å². The number of carbonyl (C=O) groups is 1. The summed E-state index contributed by atoms with van der Waals surface area (Å²) in [6.07, 6.45) is 0. The average molecular weight is 262 g/mol. The van der Waals surface area contributed by atoms with Gasteiger partial charge in [-0.1, -0.05) is 0 Å². The Morgan fingerprint density at radius 2 is 2.26 bits per heavy atom. The van der Waals surface area contributed by atoms with Crippen molar-refractivity contribution < 1.29 is 14.3 Å². The number of hydrogen-bond acceptors (Lipinski definition) is 5. The van der Waals surface area contributed by atoms with Crippen LogP contribution in [0.25, 0.3) is 0 Å².